The van der Waals surface area contributed by atoms with Crippen molar-refractivity contribution in [1.82, 2.24) is 0 Å². The van der Waals surface area contributed by atoms with Gasteiger partial charge in [0.25, 0.3) is 10.0 Å². The Kier molecular flexibility index (Phi) is 4.47. The van der Waals surface area contributed by atoms with Gasteiger partial charge in [0.1, 0.15) is 4.90 Å². The third kappa shape index (κ3) is 3.39. The molecule has 2 aromatic rings. The molecule has 0 aliphatic heterocycles. The number of anilines is 1. The average molecular weight is 356 g/mol. The van der Waals surface area contributed by atoms with E-state index in [1.807, 2.05) is 19.1 Å². The monoisotopic (exact) mass is 355 g/mol. The van der Waals surface area contributed by atoms with Crippen molar-refractivity contribution in [3.8, 4) is 0 Å². The molecule has 0 atom stereocenters. The second kappa shape index (κ2) is 5.95. The van der Waals surface area contributed by atoms with Crippen molar-refractivity contribution >= 4 is 31.6 Å². The molecule has 0 aliphatic rings. The van der Waals surface area contributed by atoms with E-state index < -0.39 is 10.0 Å². The van der Waals surface area contributed by atoms with Gasteiger partial charge in [0, 0.05) is 10.2 Å². The first-order valence-corrected chi connectivity index (χ1v) is 8.19. The van der Waals surface area contributed by atoms with Gasteiger partial charge in [0.15, 0.2) is 0 Å². The molecule has 2 rings (SSSR count). The number of aliphatic hydroxyl groups is 1. The molecule has 0 bridgehead atoms. The van der Waals surface area contributed by atoms with E-state index in [1.165, 1.54) is 6.07 Å². The maximum absolute atomic E-state index is 12.4. The minimum absolute atomic E-state index is 0.102. The van der Waals surface area contributed by atoms with Crippen molar-refractivity contribution in [3.05, 3.63) is 58.1 Å². The van der Waals surface area contributed by atoms with Gasteiger partial charge in [-0.25, -0.2) is 8.42 Å². The van der Waals surface area contributed by atoms with Crippen LogP contribution in [0.5, 0.6) is 0 Å². The minimum Gasteiger partial charge on any atom is -0.392 e. The predicted octanol–water partition coefficient (Wildman–Crippen LogP) is 3.05. The van der Waals surface area contributed by atoms with Gasteiger partial charge in [0.05, 0.1) is 6.61 Å². The van der Waals surface area contributed by atoms with E-state index in [4.69, 9.17) is 5.11 Å². The van der Waals surface area contributed by atoms with Crippen LogP contribution in [0.2, 0.25) is 0 Å². The van der Waals surface area contributed by atoms with Gasteiger partial charge in [-0.15, -0.1) is 0 Å². The first kappa shape index (κ1) is 15.0. The Bertz CT molecular complexity index is 712. The van der Waals surface area contributed by atoms with Crippen LogP contribution in [0.15, 0.2) is 51.8 Å². The Morgan fingerprint density at radius 2 is 1.80 bits per heavy atom. The molecule has 0 aliphatic carbocycles. The summed E-state index contributed by atoms with van der Waals surface area (Å²) in [5.74, 6) is 0. The summed E-state index contributed by atoms with van der Waals surface area (Å²) in [6.07, 6.45) is 0. The van der Waals surface area contributed by atoms with Gasteiger partial charge in [-0.05, 0) is 52.7 Å². The molecule has 2 aromatic carbocycles. The molecule has 0 radical (unpaired) electrons. The zero-order valence-corrected chi connectivity index (χ0v) is 13.2. The largest absolute Gasteiger partial charge is 0.392 e. The molecule has 0 spiro atoms. The van der Waals surface area contributed by atoms with E-state index in [2.05, 4.69) is 20.7 Å². The molecule has 0 unspecified atom stereocenters. The summed E-state index contributed by atoms with van der Waals surface area (Å²) in [5.41, 5.74) is 2.09. The Hall–Kier alpha value is -1.37. The molecule has 4 nitrogen and oxygen atoms in total. The highest BCUT2D eigenvalue weighted by Crippen LogP contribution is 2.25. The van der Waals surface area contributed by atoms with E-state index >= 15 is 0 Å². The zero-order chi connectivity index (χ0) is 14.8. The molecular formula is C14H14BrNO3S. The third-order valence-electron chi connectivity index (χ3n) is 2.77. The molecule has 2 N–H and O–H groups in total. The SMILES string of the molecule is Cc1ccc(NS(=O)(=O)c2cc(CO)ccc2Br)cc1. The number of hydrogen-bond donors (Lipinski definition) is 2. The fourth-order valence-electron chi connectivity index (χ4n) is 1.68. The first-order valence-electron chi connectivity index (χ1n) is 5.91. The van der Waals surface area contributed by atoms with E-state index in [1.54, 1.807) is 24.3 Å². The van der Waals surface area contributed by atoms with Gasteiger partial charge in [-0.1, -0.05) is 23.8 Å². The summed E-state index contributed by atoms with van der Waals surface area (Å²) in [4.78, 5) is 0.102. The van der Waals surface area contributed by atoms with Crippen LogP contribution in [0, 0.1) is 6.92 Å². The highest BCUT2D eigenvalue weighted by Gasteiger charge is 2.18. The Labute approximate surface area is 126 Å². The van der Waals surface area contributed by atoms with Gasteiger partial charge >= 0.3 is 0 Å². The summed E-state index contributed by atoms with van der Waals surface area (Å²) in [6.45, 7) is 1.72. The molecule has 0 amide bonds. The smallest absolute Gasteiger partial charge is 0.263 e. The van der Waals surface area contributed by atoms with Gasteiger partial charge in [-0.3, -0.25) is 4.72 Å². The van der Waals surface area contributed by atoms with E-state index in [0.717, 1.165) is 5.56 Å². The standard InChI is InChI=1S/C14H14BrNO3S/c1-10-2-5-12(6-3-10)16-20(18,19)14-8-11(9-17)4-7-13(14)15/h2-8,16-17H,9H2,1H3. The normalized spacial score (nSPS) is 11.3. The van der Waals surface area contributed by atoms with Crippen molar-refractivity contribution in [2.45, 2.75) is 18.4 Å². The number of aryl methyl sites for hydroxylation is 1. The van der Waals surface area contributed by atoms with Crippen LogP contribution in [0.4, 0.5) is 5.69 Å². The number of rotatable bonds is 4. The second-order valence-corrected chi connectivity index (χ2v) is 6.90. The van der Waals surface area contributed by atoms with Gasteiger partial charge < -0.3 is 5.11 Å². The van der Waals surface area contributed by atoms with Gasteiger partial charge in [-0.2, -0.15) is 0 Å². The second-order valence-electron chi connectivity index (χ2n) is 4.39. The third-order valence-corrected chi connectivity index (χ3v) is 5.15. The number of nitrogens with one attached hydrogen (secondary N) is 1. The van der Waals surface area contributed by atoms with Crippen LogP contribution in [0.3, 0.4) is 0 Å². The quantitative estimate of drug-likeness (QED) is 0.885. The zero-order valence-electron chi connectivity index (χ0n) is 10.8. The summed E-state index contributed by atoms with van der Waals surface area (Å²) in [5, 5.41) is 9.11. The van der Waals surface area contributed by atoms with Crippen LogP contribution in [0.1, 0.15) is 11.1 Å². The average Bonchev–Trinajstić information content (AvgIpc) is 2.41. The van der Waals surface area contributed by atoms with Crippen LogP contribution >= 0.6 is 15.9 Å². The summed E-state index contributed by atoms with van der Waals surface area (Å²) >= 11 is 3.22. The maximum atomic E-state index is 12.4. The number of sulfonamides is 1. The number of aliphatic hydroxyl groups excluding tert-OH is 1. The maximum Gasteiger partial charge on any atom is 0.263 e. The van der Waals surface area contributed by atoms with Crippen molar-refractivity contribution in [3.63, 3.8) is 0 Å². The first-order chi connectivity index (χ1) is 9.42. The van der Waals surface area contributed by atoms with E-state index in [0.29, 0.717) is 15.7 Å². The van der Waals surface area contributed by atoms with E-state index in [9.17, 15) is 8.42 Å². The summed E-state index contributed by atoms with van der Waals surface area (Å²) in [6, 6.07) is 11.8. The fraction of sp³-hybridized carbons (Fsp3) is 0.143. The lowest BCUT2D eigenvalue weighted by molar-refractivity contribution is 0.281. The topological polar surface area (TPSA) is 66.4 Å². The van der Waals surface area contributed by atoms with Crippen LogP contribution in [0.25, 0.3) is 0 Å². The summed E-state index contributed by atoms with van der Waals surface area (Å²) < 4.78 is 27.7. The lowest BCUT2D eigenvalue weighted by atomic mass is 10.2. The van der Waals surface area contributed by atoms with Crippen LogP contribution in [-0.2, 0) is 16.6 Å². The van der Waals surface area contributed by atoms with Crippen LogP contribution in [-0.4, -0.2) is 13.5 Å². The molecular weight excluding hydrogens is 342 g/mol. The molecule has 106 valence electrons. The Morgan fingerprint density at radius 3 is 2.40 bits per heavy atom. The highest BCUT2D eigenvalue weighted by atomic mass is 79.9. The number of hydrogen-bond acceptors (Lipinski definition) is 3. The number of benzene rings is 2. The number of halogens is 1. The van der Waals surface area contributed by atoms with Crippen molar-refractivity contribution in [2.24, 2.45) is 0 Å². The molecule has 0 fully saturated rings. The molecule has 20 heavy (non-hydrogen) atoms. The lowest BCUT2D eigenvalue weighted by Gasteiger charge is -2.11. The molecule has 0 saturated carbocycles. The predicted molar refractivity (Wildman–Crippen MR) is 82.1 cm³/mol. The molecule has 6 heteroatoms. The van der Waals surface area contributed by atoms with Crippen molar-refractivity contribution in [2.75, 3.05) is 4.72 Å². The molecule has 0 aromatic heterocycles. The Morgan fingerprint density at radius 1 is 1.15 bits per heavy atom. The minimum atomic E-state index is -3.70. The molecule has 0 heterocycles. The fourth-order valence-corrected chi connectivity index (χ4v) is 3.76. The van der Waals surface area contributed by atoms with E-state index in [-0.39, 0.29) is 11.5 Å². The van der Waals surface area contributed by atoms with Gasteiger partial charge in [0.2, 0.25) is 0 Å². The lowest BCUT2D eigenvalue weighted by Crippen LogP contribution is -2.14. The van der Waals surface area contributed by atoms with Crippen molar-refractivity contribution < 1.29 is 13.5 Å². The highest BCUT2D eigenvalue weighted by molar-refractivity contribution is 9.10. The Balaban J connectivity index is 2.37. The van der Waals surface area contributed by atoms with Crippen molar-refractivity contribution in [1.29, 1.82) is 0 Å². The molecule has 0 saturated heterocycles. The van der Waals surface area contributed by atoms with Crippen LogP contribution < -0.4 is 4.72 Å². The summed E-state index contributed by atoms with van der Waals surface area (Å²) in [7, 11) is -3.70.